The summed E-state index contributed by atoms with van der Waals surface area (Å²) >= 11 is 0. The van der Waals surface area contributed by atoms with Gasteiger partial charge in [0.15, 0.2) is 5.84 Å². The monoisotopic (exact) mass is 284 g/mol. The second-order valence-corrected chi connectivity index (χ2v) is 4.43. The number of carbonyl (C=O) groups excluding carboxylic acids is 1. The molecule has 1 aliphatic rings. The number of hydrogen-bond donors (Lipinski definition) is 3. The molecule has 2 amide bonds. The van der Waals surface area contributed by atoms with Crippen LogP contribution >= 0.6 is 0 Å². The summed E-state index contributed by atoms with van der Waals surface area (Å²) in [6, 6.07) is 1.76. The van der Waals surface area contributed by atoms with Gasteiger partial charge in [0.2, 0.25) is 0 Å². The van der Waals surface area contributed by atoms with Crippen LogP contribution < -0.4 is 11.1 Å². The van der Waals surface area contributed by atoms with Crippen LogP contribution in [0.25, 0.3) is 0 Å². The quantitative estimate of drug-likeness (QED) is 0.334. The molecule has 0 spiro atoms. The first-order valence-corrected chi connectivity index (χ1v) is 6.03. The number of likely N-dealkylation sites (tertiary alicyclic amines) is 1. The third-order valence-electron chi connectivity index (χ3n) is 3.14. The molecule has 0 saturated carbocycles. The highest BCUT2D eigenvalue weighted by Crippen LogP contribution is 2.20. The summed E-state index contributed by atoms with van der Waals surface area (Å²) in [5, 5.41) is 13.9. The van der Waals surface area contributed by atoms with E-state index < -0.39 is 23.7 Å². The zero-order valence-electron chi connectivity index (χ0n) is 10.5. The number of amidine groups is 1. The molecular weight excluding hydrogens is 270 g/mol. The Morgan fingerprint density at radius 1 is 1.50 bits per heavy atom. The third-order valence-corrected chi connectivity index (χ3v) is 3.14. The molecule has 0 radical (unpaired) electrons. The SMILES string of the molecule is NC(=NO)C1CCCN1C(=O)Nc1ccc(F)cc1F. The van der Waals surface area contributed by atoms with Crippen molar-refractivity contribution < 1.29 is 18.8 Å². The number of urea groups is 1. The van der Waals surface area contributed by atoms with E-state index in [1.54, 1.807) is 0 Å². The lowest BCUT2D eigenvalue weighted by molar-refractivity contribution is 0.215. The average Bonchev–Trinajstić information content (AvgIpc) is 2.90. The Bertz CT molecular complexity index is 550. The molecule has 0 bridgehead atoms. The number of hydrogen-bond acceptors (Lipinski definition) is 3. The van der Waals surface area contributed by atoms with E-state index in [0.717, 1.165) is 12.1 Å². The van der Waals surface area contributed by atoms with Crippen molar-refractivity contribution >= 4 is 17.6 Å². The van der Waals surface area contributed by atoms with Gasteiger partial charge in [0.25, 0.3) is 0 Å². The summed E-state index contributed by atoms with van der Waals surface area (Å²) in [7, 11) is 0. The van der Waals surface area contributed by atoms with Gasteiger partial charge in [0.1, 0.15) is 11.6 Å². The van der Waals surface area contributed by atoms with Gasteiger partial charge in [0.05, 0.1) is 11.7 Å². The van der Waals surface area contributed by atoms with E-state index in [2.05, 4.69) is 10.5 Å². The van der Waals surface area contributed by atoms with Crippen LogP contribution in [-0.2, 0) is 0 Å². The Hall–Kier alpha value is -2.38. The van der Waals surface area contributed by atoms with Gasteiger partial charge in [-0.25, -0.2) is 13.6 Å². The number of oxime groups is 1. The molecule has 2 rings (SSSR count). The number of nitrogens with zero attached hydrogens (tertiary/aromatic N) is 2. The van der Waals surface area contributed by atoms with Crippen LogP contribution in [0.15, 0.2) is 23.4 Å². The molecule has 1 aromatic rings. The smallest absolute Gasteiger partial charge is 0.322 e. The fourth-order valence-corrected chi connectivity index (χ4v) is 2.16. The Labute approximate surface area is 113 Å². The highest BCUT2D eigenvalue weighted by atomic mass is 19.1. The van der Waals surface area contributed by atoms with E-state index in [4.69, 9.17) is 10.9 Å². The summed E-state index contributed by atoms with van der Waals surface area (Å²) < 4.78 is 26.2. The number of amides is 2. The van der Waals surface area contributed by atoms with Crippen molar-refractivity contribution in [2.75, 3.05) is 11.9 Å². The van der Waals surface area contributed by atoms with Crippen LogP contribution in [0.1, 0.15) is 12.8 Å². The maximum absolute atomic E-state index is 13.5. The standard InChI is InChI=1S/C12H14F2N4O2/c13-7-3-4-9(8(14)6-7)16-12(19)18-5-1-2-10(18)11(15)17-20/h3-4,6,10,20H,1-2,5H2,(H2,15,17)(H,16,19). The first-order chi connectivity index (χ1) is 9.52. The summed E-state index contributed by atoms with van der Waals surface area (Å²) in [6.45, 7) is 0.412. The summed E-state index contributed by atoms with van der Waals surface area (Å²) in [5.41, 5.74) is 5.38. The fourth-order valence-electron chi connectivity index (χ4n) is 2.16. The van der Waals surface area contributed by atoms with Crippen LogP contribution in [-0.4, -0.2) is 34.6 Å². The number of anilines is 1. The average molecular weight is 284 g/mol. The molecular formula is C12H14F2N4O2. The van der Waals surface area contributed by atoms with Crippen molar-refractivity contribution in [3.8, 4) is 0 Å². The Morgan fingerprint density at radius 3 is 2.90 bits per heavy atom. The molecule has 1 atom stereocenters. The molecule has 1 aromatic carbocycles. The van der Waals surface area contributed by atoms with E-state index in [9.17, 15) is 13.6 Å². The summed E-state index contributed by atoms with van der Waals surface area (Å²) in [5.74, 6) is -1.66. The van der Waals surface area contributed by atoms with Crippen molar-refractivity contribution in [1.29, 1.82) is 0 Å². The van der Waals surface area contributed by atoms with E-state index in [1.165, 1.54) is 4.90 Å². The van der Waals surface area contributed by atoms with Gasteiger partial charge in [-0.2, -0.15) is 0 Å². The second kappa shape index (κ2) is 5.72. The number of nitrogens with one attached hydrogen (secondary N) is 1. The van der Waals surface area contributed by atoms with Gasteiger partial charge in [-0.1, -0.05) is 5.16 Å². The molecule has 8 heteroatoms. The number of benzene rings is 1. The number of halogens is 2. The Balaban J connectivity index is 2.11. The Morgan fingerprint density at radius 2 is 2.25 bits per heavy atom. The van der Waals surface area contributed by atoms with E-state index in [-0.39, 0.29) is 11.5 Å². The van der Waals surface area contributed by atoms with E-state index >= 15 is 0 Å². The molecule has 1 unspecified atom stereocenters. The lowest BCUT2D eigenvalue weighted by Gasteiger charge is -2.23. The minimum Gasteiger partial charge on any atom is -0.409 e. The largest absolute Gasteiger partial charge is 0.409 e. The molecule has 0 aliphatic carbocycles. The number of carbonyl (C=O) groups is 1. The lowest BCUT2D eigenvalue weighted by atomic mass is 10.2. The van der Waals surface area contributed by atoms with E-state index in [0.29, 0.717) is 25.5 Å². The van der Waals surface area contributed by atoms with Crippen LogP contribution in [0.3, 0.4) is 0 Å². The van der Waals surface area contributed by atoms with Gasteiger partial charge >= 0.3 is 6.03 Å². The molecule has 20 heavy (non-hydrogen) atoms. The minimum absolute atomic E-state index is 0.0720. The van der Waals surface area contributed by atoms with Crippen molar-refractivity contribution in [2.24, 2.45) is 10.9 Å². The first-order valence-electron chi connectivity index (χ1n) is 6.03. The molecule has 1 saturated heterocycles. The van der Waals surface area contributed by atoms with E-state index in [1.807, 2.05) is 0 Å². The molecule has 1 aliphatic heterocycles. The predicted molar refractivity (Wildman–Crippen MR) is 68.5 cm³/mol. The normalized spacial score (nSPS) is 19.2. The van der Waals surface area contributed by atoms with Crippen molar-refractivity contribution in [1.82, 2.24) is 4.90 Å². The zero-order valence-corrected chi connectivity index (χ0v) is 10.5. The van der Waals surface area contributed by atoms with Gasteiger partial charge in [-0.05, 0) is 25.0 Å². The Kier molecular flexibility index (Phi) is 4.02. The number of rotatable bonds is 2. The minimum atomic E-state index is -0.863. The van der Waals surface area contributed by atoms with Gasteiger partial charge in [0, 0.05) is 12.6 Å². The summed E-state index contributed by atoms with van der Waals surface area (Å²) in [4.78, 5) is 13.4. The molecule has 1 fully saturated rings. The molecule has 4 N–H and O–H groups in total. The maximum atomic E-state index is 13.5. The summed E-state index contributed by atoms with van der Waals surface area (Å²) in [6.07, 6.45) is 1.26. The van der Waals surface area contributed by atoms with Crippen molar-refractivity contribution in [2.45, 2.75) is 18.9 Å². The van der Waals surface area contributed by atoms with Crippen LogP contribution in [0, 0.1) is 11.6 Å². The van der Waals surface area contributed by atoms with Crippen LogP contribution in [0.5, 0.6) is 0 Å². The lowest BCUT2D eigenvalue weighted by Crippen LogP contribution is -2.45. The first kappa shape index (κ1) is 14.0. The number of nitrogens with two attached hydrogens (primary N) is 1. The van der Waals surface area contributed by atoms with Crippen molar-refractivity contribution in [3.63, 3.8) is 0 Å². The predicted octanol–water partition coefficient (Wildman–Crippen LogP) is 1.71. The van der Waals surface area contributed by atoms with Crippen LogP contribution in [0.2, 0.25) is 0 Å². The molecule has 1 heterocycles. The molecule has 108 valence electrons. The highest BCUT2D eigenvalue weighted by molar-refractivity contribution is 5.95. The van der Waals surface area contributed by atoms with Gasteiger partial charge in [-0.15, -0.1) is 0 Å². The van der Waals surface area contributed by atoms with Gasteiger partial charge in [-0.3, -0.25) is 0 Å². The van der Waals surface area contributed by atoms with Crippen molar-refractivity contribution in [3.05, 3.63) is 29.8 Å². The molecule has 6 nitrogen and oxygen atoms in total. The zero-order chi connectivity index (χ0) is 14.7. The fraction of sp³-hybridized carbons (Fsp3) is 0.333. The highest BCUT2D eigenvalue weighted by Gasteiger charge is 2.32. The maximum Gasteiger partial charge on any atom is 0.322 e. The third kappa shape index (κ3) is 2.79. The van der Waals surface area contributed by atoms with Crippen LogP contribution in [0.4, 0.5) is 19.3 Å². The van der Waals surface area contributed by atoms with Gasteiger partial charge < -0.3 is 21.2 Å². The topological polar surface area (TPSA) is 91.0 Å². The second-order valence-electron chi connectivity index (χ2n) is 4.43. The molecule has 0 aromatic heterocycles.